The van der Waals surface area contributed by atoms with Gasteiger partial charge in [0, 0.05) is 5.56 Å². The van der Waals surface area contributed by atoms with Crippen LogP contribution in [0.2, 0.25) is 0 Å². The molecule has 3 heteroatoms. The first-order valence-corrected chi connectivity index (χ1v) is 6.74. The summed E-state index contributed by atoms with van der Waals surface area (Å²) in [5, 5.41) is 0. The smallest absolute Gasteiger partial charge is 0.161 e. The van der Waals surface area contributed by atoms with Crippen molar-refractivity contribution in [2.24, 2.45) is 0 Å². The standard InChI is InChI=1S/C17H20O3/c1-4-11-20-15-8-6-5-7-14(15)13-9-10-16(18-2)17(12-13)19-3/h5-10,12H,4,11H2,1-3H3. The third kappa shape index (κ3) is 3.05. The zero-order chi connectivity index (χ0) is 14.4. The topological polar surface area (TPSA) is 27.7 Å². The van der Waals surface area contributed by atoms with Gasteiger partial charge in [-0.3, -0.25) is 0 Å². The summed E-state index contributed by atoms with van der Waals surface area (Å²) in [6.45, 7) is 2.81. The summed E-state index contributed by atoms with van der Waals surface area (Å²) in [6.07, 6.45) is 0.986. The van der Waals surface area contributed by atoms with Crippen molar-refractivity contribution in [2.75, 3.05) is 20.8 Å². The minimum absolute atomic E-state index is 0.713. The predicted molar refractivity (Wildman–Crippen MR) is 80.8 cm³/mol. The van der Waals surface area contributed by atoms with Crippen LogP contribution in [0.5, 0.6) is 17.2 Å². The molecule has 0 atom stereocenters. The summed E-state index contributed by atoms with van der Waals surface area (Å²) in [4.78, 5) is 0. The van der Waals surface area contributed by atoms with Crippen molar-refractivity contribution in [3.8, 4) is 28.4 Å². The van der Waals surface area contributed by atoms with E-state index in [2.05, 4.69) is 6.92 Å². The molecule has 0 aromatic heterocycles. The van der Waals surface area contributed by atoms with Gasteiger partial charge in [-0.15, -0.1) is 0 Å². The van der Waals surface area contributed by atoms with Crippen molar-refractivity contribution in [3.05, 3.63) is 42.5 Å². The molecule has 0 saturated carbocycles. The Labute approximate surface area is 120 Å². The SMILES string of the molecule is CCCOc1ccccc1-c1ccc(OC)c(OC)c1. The Bertz CT molecular complexity index is 564. The average molecular weight is 272 g/mol. The minimum Gasteiger partial charge on any atom is -0.493 e. The first-order valence-electron chi connectivity index (χ1n) is 6.74. The number of ether oxygens (including phenoxy) is 3. The Morgan fingerprint density at radius 3 is 2.30 bits per heavy atom. The number of benzene rings is 2. The van der Waals surface area contributed by atoms with Crippen molar-refractivity contribution >= 4 is 0 Å². The van der Waals surface area contributed by atoms with Gasteiger partial charge in [-0.1, -0.05) is 31.2 Å². The van der Waals surface area contributed by atoms with E-state index in [-0.39, 0.29) is 0 Å². The Morgan fingerprint density at radius 2 is 1.60 bits per heavy atom. The normalized spacial score (nSPS) is 10.2. The van der Waals surface area contributed by atoms with E-state index in [1.165, 1.54) is 0 Å². The summed E-state index contributed by atoms with van der Waals surface area (Å²) in [6, 6.07) is 13.9. The Morgan fingerprint density at radius 1 is 0.850 bits per heavy atom. The molecule has 0 heterocycles. The third-order valence-corrected chi connectivity index (χ3v) is 3.04. The number of para-hydroxylation sites is 1. The molecular formula is C17H20O3. The van der Waals surface area contributed by atoms with E-state index in [0.29, 0.717) is 6.61 Å². The highest BCUT2D eigenvalue weighted by atomic mass is 16.5. The molecule has 0 amide bonds. The average Bonchev–Trinajstić information content (AvgIpc) is 2.52. The van der Waals surface area contributed by atoms with Gasteiger partial charge in [-0.05, 0) is 30.2 Å². The van der Waals surface area contributed by atoms with Crippen molar-refractivity contribution < 1.29 is 14.2 Å². The van der Waals surface area contributed by atoms with Crippen LogP contribution in [0.3, 0.4) is 0 Å². The molecule has 0 fully saturated rings. The summed E-state index contributed by atoms with van der Waals surface area (Å²) < 4.78 is 16.4. The lowest BCUT2D eigenvalue weighted by molar-refractivity contribution is 0.318. The Balaban J connectivity index is 2.40. The summed E-state index contributed by atoms with van der Waals surface area (Å²) in [5.74, 6) is 2.33. The highest BCUT2D eigenvalue weighted by molar-refractivity contribution is 5.72. The van der Waals surface area contributed by atoms with E-state index in [4.69, 9.17) is 14.2 Å². The molecule has 3 nitrogen and oxygen atoms in total. The third-order valence-electron chi connectivity index (χ3n) is 3.04. The predicted octanol–water partition coefficient (Wildman–Crippen LogP) is 4.16. The van der Waals surface area contributed by atoms with E-state index in [9.17, 15) is 0 Å². The fourth-order valence-electron chi connectivity index (χ4n) is 2.05. The van der Waals surface area contributed by atoms with E-state index in [1.807, 2.05) is 42.5 Å². The van der Waals surface area contributed by atoms with E-state index in [0.717, 1.165) is 34.8 Å². The van der Waals surface area contributed by atoms with Gasteiger partial charge in [0.25, 0.3) is 0 Å². The van der Waals surface area contributed by atoms with Crippen LogP contribution in [0.4, 0.5) is 0 Å². The van der Waals surface area contributed by atoms with Crippen LogP contribution in [0, 0.1) is 0 Å². The molecule has 20 heavy (non-hydrogen) atoms. The van der Waals surface area contributed by atoms with Crippen molar-refractivity contribution in [3.63, 3.8) is 0 Å². The zero-order valence-corrected chi connectivity index (χ0v) is 12.2. The van der Waals surface area contributed by atoms with Crippen LogP contribution in [0.1, 0.15) is 13.3 Å². The number of rotatable bonds is 6. The molecule has 0 saturated heterocycles. The molecule has 0 bridgehead atoms. The van der Waals surface area contributed by atoms with Crippen LogP contribution in [0.25, 0.3) is 11.1 Å². The van der Waals surface area contributed by atoms with E-state index < -0.39 is 0 Å². The second kappa shape index (κ2) is 6.85. The lowest BCUT2D eigenvalue weighted by Gasteiger charge is -2.13. The van der Waals surface area contributed by atoms with E-state index in [1.54, 1.807) is 14.2 Å². The Kier molecular flexibility index (Phi) is 4.88. The van der Waals surface area contributed by atoms with Gasteiger partial charge in [0.05, 0.1) is 20.8 Å². The maximum atomic E-state index is 5.80. The van der Waals surface area contributed by atoms with Gasteiger partial charge in [-0.25, -0.2) is 0 Å². The van der Waals surface area contributed by atoms with Gasteiger partial charge in [0.2, 0.25) is 0 Å². The quantitative estimate of drug-likeness (QED) is 0.790. The number of methoxy groups -OCH3 is 2. The molecule has 0 radical (unpaired) electrons. The lowest BCUT2D eigenvalue weighted by Crippen LogP contribution is -1.97. The lowest BCUT2D eigenvalue weighted by atomic mass is 10.0. The first kappa shape index (κ1) is 14.3. The molecule has 0 unspecified atom stereocenters. The minimum atomic E-state index is 0.713. The molecule has 0 N–H and O–H groups in total. The molecule has 0 aliphatic heterocycles. The molecule has 0 spiro atoms. The summed E-state index contributed by atoms with van der Waals surface area (Å²) in [5.41, 5.74) is 2.11. The molecule has 106 valence electrons. The van der Waals surface area contributed by atoms with Crippen LogP contribution in [0.15, 0.2) is 42.5 Å². The monoisotopic (exact) mass is 272 g/mol. The summed E-state index contributed by atoms with van der Waals surface area (Å²) in [7, 11) is 3.27. The second-order valence-corrected chi connectivity index (χ2v) is 4.41. The maximum absolute atomic E-state index is 5.80. The van der Waals surface area contributed by atoms with Gasteiger partial charge >= 0.3 is 0 Å². The van der Waals surface area contributed by atoms with Crippen LogP contribution in [-0.2, 0) is 0 Å². The number of hydrogen-bond donors (Lipinski definition) is 0. The van der Waals surface area contributed by atoms with E-state index >= 15 is 0 Å². The maximum Gasteiger partial charge on any atom is 0.161 e. The van der Waals surface area contributed by atoms with Crippen molar-refractivity contribution in [2.45, 2.75) is 13.3 Å². The van der Waals surface area contributed by atoms with Crippen molar-refractivity contribution in [1.29, 1.82) is 0 Å². The molecule has 2 rings (SSSR count). The molecule has 2 aromatic rings. The fraction of sp³-hybridized carbons (Fsp3) is 0.294. The molecule has 0 aliphatic carbocycles. The highest BCUT2D eigenvalue weighted by Gasteiger charge is 2.09. The van der Waals surface area contributed by atoms with Crippen molar-refractivity contribution in [1.82, 2.24) is 0 Å². The molecule has 2 aromatic carbocycles. The van der Waals surface area contributed by atoms with Crippen LogP contribution >= 0.6 is 0 Å². The second-order valence-electron chi connectivity index (χ2n) is 4.41. The zero-order valence-electron chi connectivity index (χ0n) is 12.2. The van der Waals surface area contributed by atoms with Gasteiger partial charge in [0.1, 0.15) is 5.75 Å². The number of hydrogen-bond acceptors (Lipinski definition) is 3. The summed E-state index contributed by atoms with van der Waals surface area (Å²) >= 11 is 0. The van der Waals surface area contributed by atoms with Gasteiger partial charge in [0.15, 0.2) is 11.5 Å². The first-order chi connectivity index (χ1) is 9.80. The molecule has 0 aliphatic rings. The van der Waals surface area contributed by atoms with Gasteiger partial charge in [-0.2, -0.15) is 0 Å². The van der Waals surface area contributed by atoms with Crippen LogP contribution in [-0.4, -0.2) is 20.8 Å². The fourth-order valence-corrected chi connectivity index (χ4v) is 2.05. The van der Waals surface area contributed by atoms with Crippen LogP contribution < -0.4 is 14.2 Å². The largest absolute Gasteiger partial charge is 0.493 e. The molecular weight excluding hydrogens is 252 g/mol. The highest BCUT2D eigenvalue weighted by Crippen LogP contribution is 2.36. The van der Waals surface area contributed by atoms with Gasteiger partial charge < -0.3 is 14.2 Å². The Hall–Kier alpha value is -2.16.